The van der Waals surface area contributed by atoms with Gasteiger partial charge >= 0.3 is 0 Å². The van der Waals surface area contributed by atoms with E-state index in [4.69, 9.17) is 10.5 Å². The molecule has 8 heteroatoms. The number of hydrogen-bond donors (Lipinski definition) is 2. The van der Waals surface area contributed by atoms with Crippen LogP contribution in [0.2, 0.25) is 0 Å². The molecule has 1 atom stereocenters. The molecule has 1 fully saturated rings. The van der Waals surface area contributed by atoms with Crippen LogP contribution in [0.4, 0.5) is 5.82 Å². The highest BCUT2D eigenvalue weighted by atomic mass is 16.5. The number of carbonyl (C=O) groups excluding carboxylic acids is 2. The smallest absolute Gasteiger partial charge is 0.239 e. The lowest BCUT2D eigenvalue weighted by atomic mass is 10.1. The van der Waals surface area contributed by atoms with Crippen LogP contribution < -0.4 is 11.1 Å². The molecule has 2 aromatic rings. The summed E-state index contributed by atoms with van der Waals surface area (Å²) in [6, 6.07) is 9.21. The summed E-state index contributed by atoms with van der Waals surface area (Å²) in [5, 5.41) is 2.79. The highest BCUT2D eigenvalue weighted by molar-refractivity contribution is 5.91. The number of morpholine rings is 1. The van der Waals surface area contributed by atoms with Crippen molar-refractivity contribution in [1.29, 1.82) is 0 Å². The number of primary amides is 1. The summed E-state index contributed by atoms with van der Waals surface area (Å²) in [4.78, 5) is 33.7. The molecule has 142 valence electrons. The number of aromatic nitrogens is 2. The molecule has 0 spiro atoms. The van der Waals surface area contributed by atoms with Gasteiger partial charge in [-0.25, -0.2) is 4.98 Å². The molecule has 27 heavy (non-hydrogen) atoms. The van der Waals surface area contributed by atoms with Crippen LogP contribution in [0.15, 0.2) is 42.7 Å². The summed E-state index contributed by atoms with van der Waals surface area (Å²) < 4.78 is 5.81. The molecule has 0 radical (unpaired) electrons. The first kappa shape index (κ1) is 18.9. The van der Waals surface area contributed by atoms with Crippen molar-refractivity contribution >= 4 is 17.6 Å². The topological polar surface area (TPSA) is 110 Å². The van der Waals surface area contributed by atoms with E-state index in [9.17, 15) is 9.59 Å². The number of nitrogens with two attached hydrogens (primary N) is 1. The molecule has 0 aliphatic carbocycles. The van der Waals surface area contributed by atoms with Gasteiger partial charge in [-0.1, -0.05) is 12.1 Å². The Morgan fingerprint density at radius 1 is 1.26 bits per heavy atom. The number of nitrogens with zero attached hydrogens (tertiary/aromatic N) is 3. The fourth-order valence-electron chi connectivity index (χ4n) is 2.89. The zero-order valence-corrected chi connectivity index (χ0v) is 15.0. The first-order valence-electron chi connectivity index (χ1n) is 8.88. The first-order chi connectivity index (χ1) is 13.1. The van der Waals surface area contributed by atoms with Crippen LogP contribution in [0.5, 0.6) is 0 Å². The minimum atomic E-state index is -0.325. The van der Waals surface area contributed by atoms with Crippen molar-refractivity contribution in [3.8, 4) is 0 Å². The number of pyridine rings is 2. The van der Waals surface area contributed by atoms with E-state index in [0.29, 0.717) is 38.4 Å². The van der Waals surface area contributed by atoms with Crippen molar-refractivity contribution in [2.45, 2.75) is 18.9 Å². The zero-order chi connectivity index (χ0) is 19.1. The molecule has 0 bridgehead atoms. The Bertz CT molecular complexity index is 767. The molecule has 3 rings (SSSR count). The Hall–Kier alpha value is -2.84. The number of ether oxygens (including phenoxy) is 1. The zero-order valence-electron chi connectivity index (χ0n) is 15.0. The maximum Gasteiger partial charge on any atom is 0.239 e. The molecule has 1 unspecified atom stereocenters. The Balaban J connectivity index is 1.52. The third kappa shape index (κ3) is 5.83. The van der Waals surface area contributed by atoms with E-state index in [0.717, 1.165) is 11.3 Å². The highest BCUT2D eigenvalue weighted by Gasteiger charge is 2.24. The number of hydrogen-bond acceptors (Lipinski definition) is 6. The third-order valence-corrected chi connectivity index (χ3v) is 4.29. The highest BCUT2D eigenvalue weighted by Crippen LogP contribution is 2.21. The molecular formula is C19H23N5O3. The van der Waals surface area contributed by atoms with Crippen LogP contribution in [0.25, 0.3) is 0 Å². The molecule has 2 amide bonds. The van der Waals surface area contributed by atoms with E-state index in [2.05, 4.69) is 15.3 Å². The number of anilines is 1. The fourth-order valence-corrected chi connectivity index (χ4v) is 2.89. The summed E-state index contributed by atoms with van der Waals surface area (Å²) in [7, 11) is 0. The van der Waals surface area contributed by atoms with Crippen molar-refractivity contribution < 1.29 is 14.3 Å². The van der Waals surface area contributed by atoms with E-state index in [1.165, 1.54) is 0 Å². The van der Waals surface area contributed by atoms with Crippen molar-refractivity contribution in [3.63, 3.8) is 0 Å². The van der Waals surface area contributed by atoms with Crippen LogP contribution in [0, 0.1) is 0 Å². The van der Waals surface area contributed by atoms with E-state index >= 15 is 0 Å². The Kier molecular flexibility index (Phi) is 6.45. The number of aryl methyl sites for hydroxylation is 1. The second-order valence-electron chi connectivity index (χ2n) is 6.42. The Morgan fingerprint density at radius 2 is 2.15 bits per heavy atom. The van der Waals surface area contributed by atoms with Gasteiger partial charge in [0.25, 0.3) is 0 Å². The normalized spacial score (nSPS) is 17.4. The summed E-state index contributed by atoms with van der Waals surface area (Å²) in [5.41, 5.74) is 6.94. The summed E-state index contributed by atoms with van der Waals surface area (Å²) in [5.74, 6) is 0.110. The molecular weight excluding hydrogens is 346 g/mol. The fraction of sp³-hybridized carbons (Fsp3) is 0.368. The van der Waals surface area contributed by atoms with E-state index in [1.807, 2.05) is 23.1 Å². The number of rotatable bonds is 7. The van der Waals surface area contributed by atoms with E-state index < -0.39 is 0 Å². The van der Waals surface area contributed by atoms with Gasteiger partial charge in [-0.2, -0.15) is 0 Å². The number of nitrogens with one attached hydrogen (secondary N) is 1. The van der Waals surface area contributed by atoms with E-state index in [-0.39, 0.29) is 24.5 Å². The second kappa shape index (κ2) is 9.20. The molecule has 8 nitrogen and oxygen atoms in total. The van der Waals surface area contributed by atoms with Gasteiger partial charge in [0.2, 0.25) is 11.8 Å². The summed E-state index contributed by atoms with van der Waals surface area (Å²) >= 11 is 0. The predicted octanol–water partition coefficient (Wildman–Crippen LogP) is 0.906. The molecule has 0 aromatic carbocycles. The van der Waals surface area contributed by atoms with Gasteiger partial charge in [0.15, 0.2) is 0 Å². The van der Waals surface area contributed by atoms with E-state index in [1.54, 1.807) is 24.5 Å². The molecule has 3 heterocycles. The van der Waals surface area contributed by atoms with Crippen LogP contribution in [-0.2, 0) is 20.7 Å². The van der Waals surface area contributed by atoms with Gasteiger partial charge in [-0.3, -0.25) is 19.5 Å². The second-order valence-corrected chi connectivity index (χ2v) is 6.42. The minimum absolute atomic E-state index is 0.107. The van der Waals surface area contributed by atoms with Gasteiger partial charge in [-0.05, 0) is 30.2 Å². The summed E-state index contributed by atoms with van der Waals surface area (Å²) in [6.07, 6.45) is 4.08. The molecule has 1 aliphatic rings. The van der Waals surface area contributed by atoms with Gasteiger partial charge in [-0.15, -0.1) is 0 Å². The van der Waals surface area contributed by atoms with Crippen molar-refractivity contribution in [3.05, 3.63) is 54.0 Å². The molecule has 2 aromatic heterocycles. The molecule has 3 N–H and O–H groups in total. The number of carbonyl (C=O) groups is 2. The average molecular weight is 369 g/mol. The van der Waals surface area contributed by atoms with Gasteiger partial charge in [0, 0.05) is 31.9 Å². The van der Waals surface area contributed by atoms with Crippen LogP contribution >= 0.6 is 0 Å². The quantitative estimate of drug-likeness (QED) is 0.750. The molecule has 1 aliphatic heterocycles. The maximum absolute atomic E-state index is 12.2. The standard InChI is InChI=1S/C19H23N5O3/c20-17(25)7-5-14-4-6-15(22-11-14)16-12-24(9-10-27-16)13-19(26)23-18-3-1-2-8-21-18/h1-4,6,8,11,16H,5,7,9-10,12-13H2,(H2,20,25)(H,21,23,26). The maximum atomic E-state index is 12.2. The SMILES string of the molecule is NC(=O)CCc1ccc(C2CN(CC(=O)Nc3ccccn3)CCO2)nc1. The Morgan fingerprint density at radius 3 is 2.85 bits per heavy atom. The third-order valence-electron chi connectivity index (χ3n) is 4.29. The van der Waals surface area contributed by atoms with Crippen molar-refractivity contribution in [1.82, 2.24) is 14.9 Å². The van der Waals surface area contributed by atoms with Gasteiger partial charge < -0.3 is 15.8 Å². The van der Waals surface area contributed by atoms with Crippen molar-refractivity contribution in [2.24, 2.45) is 5.73 Å². The lowest BCUT2D eigenvalue weighted by Gasteiger charge is -2.32. The minimum Gasteiger partial charge on any atom is -0.370 e. The summed E-state index contributed by atoms with van der Waals surface area (Å²) in [6.45, 7) is 2.08. The van der Waals surface area contributed by atoms with Gasteiger partial charge in [0.1, 0.15) is 11.9 Å². The lowest BCUT2D eigenvalue weighted by Crippen LogP contribution is -2.42. The number of amides is 2. The van der Waals surface area contributed by atoms with Gasteiger partial charge in [0.05, 0.1) is 18.8 Å². The first-order valence-corrected chi connectivity index (χ1v) is 8.88. The van der Waals surface area contributed by atoms with Crippen LogP contribution in [0.1, 0.15) is 23.8 Å². The monoisotopic (exact) mass is 369 g/mol. The lowest BCUT2D eigenvalue weighted by molar-refractivity contribution is -0.120. The average Bonchev–Trinajstić information content (AvgIpc) is 2.67. The van der Waals surface area contributed by atoms with Crippen LogP contribution in [0.3, 0.4) is 0 Å². The largest absolute Gasteiger partial charge is 0.370 e. The molecule has 1 saturated heterocycles. The Labute approximate surface area is 157 Å². The molecule has 0 saturated carbocycles. The van der Waals surface area contributed by atoms with Crippen LogP contribution in [-0.4, -0.2) is 52.9 Å². The predicted molar refractivity (Wildman–Crippen MR) is 99.8 cm³/mol. The van der Waals surface area contributed by atoms with Crippen molar-refractivity contribution in [2.75, 3.05) is 31.6 Å².